The molecule has 0 aliphatic heterocycles. The number of aryl methyl sites for hydroxylation is 1. The highest BCUT2D eigenvalue weighted by molar-refractivity contribution is 6.38. The average Bonchev–Trinajstić information content (AvgIpc) is 2.51. The van der Waals surface area contributed by atoms with Crippen LogP contribution in [0.15, 0.2) is 12.1 Å². The van der Waals surface area contributed by atoms with Crippen molar-refractivity contribution < 1.29 is 14.7 Å². The molecule has 2 rings (SSSR count). The molecule has 0 unspecified atom stereocenters. The predicted octanol–water partition coefficient (Wildman–Crippen LogP) is 5.60. The van der Waals surface area contributed by atoms with Gasteiger partial charge >= 0.3 is 6.09 Å². The van der Waals surface area contributed by atoms with Crippen LogP contribution in [-0.2, 0) is 16.6 Å². The number of hydrogen-bond donors (Lipinski definition) is 1. The summed E-state index contributed by atoms with van der Waals surface area (Å²) in [5.41, 5.74) is 0.533. The van der Waals surface area contributed by atoms with Gasteiger partial charge in [0, 0.05) is 17.0 Å². The summed E-state index contributed by atoms with van der Waals surface area (Å²) in [5, 5.41) is 10.5. The molecule has 1 heterocycles. The Bertz CT molecular complexity index is 911. The van der Waals surface area contributed by atoms with Gasteiger partial charge in [-0.15, -0.1) is 0 Å². The Labute approximate surface area is 172 Å². The van der Waals surface area contributed by atoms with Crippen LogP contribution in [-0.4, -0.2) is 27.5 Å². The van der Waals surface area contributed by atoms with Crippen molar-refractivity contribution in [1.29, 1.82) is 0 Å². The molecular weight excluding hydrogens is 413 g/mol. The van der Waals surface area contributed by atoms with Gasteiger partial charge in [0.1, 0.15) is 17.3 Å². The Hall–Kier alpha value is -1.89. The second kappa shape index (κ2) is 8.00. The Morgan fingerprint density at radius 1 is 1.22 bits per heavy atom. The lowest BCUT2D eigenvalue weighted by molar-refractivity contribution is -0.107. The van der Waals surface area contributed by atoms with E-state index in [9.17, 15) is 14.7 Å². The number of nitrogens with zero attached hydrogens (tertiary/aromatic N) is 3. The zero-order valence-electron chi connectivity index (χ0n) is 15.2. The van der Waals surface area contributed by atoms with Crippen LogP contribution in [0.4, 0.5) is 16.3 Å². The Balaban J connectivity index is 2.83. The molecule has 0 aliphatic rings. The smallest absolute Gasteiger partial charge is 0.417 e. The van der Waals surface area contributed by atoms with Crippen molar-refractivity contribution in [2.45, 2.75) is 39.5 Å². The van der Waals surface area contributed by atoms with Crippen LogP contribution >= 0.6 is 34.8 Å². The van der Waals surface area contributed by atoms with Crippen molar-refractivity contribution in [2.24, 2.45) is 0 Å². The normalized spacial score (nSPS) is 11.4. The monoisotopic (exact) mass is 429 g/mol. The van der Waals surface area contributed by atoms with Crippen molar-refractivity contribution >= 4 is 58.7 Å². The highest BCUT2D eigenvalue weighted by Gasteiger charge is 2.30. The van der Waals surface area contributed by atoms with Gasteiger partial charge in [-0.25, -0.2) is 19.7 Å². The zero-order valence-corrected chi connectivity index (χ0v) is 17.4. The molecule has 1 aromatic heterocycles. The van der Waals surface area contributed by atoms with Crippen LogP contribution in [0, 0.1) is 6.92 Å². The number of halogens is 3. The molecule has 0 saturated carbocycles. The summed E-state index contributed by atoms with van der Waals surface area (Å²) in [6, 6.07) is 3.07. The standard InChI is InChI=1S/C18H18Cl3N3O3/c1-9-22-15(21)10(7-8-25)16(23-9)24(17(26)27)12-6-5-11(19)13(14(12)20)18(2,3)4/h5-6,8H,7H2,1-4H3,(H,26,27). The molecule has 2 aromatic rings. The lowest BCUT2D eigenvalue weighted by atomic mass is 9.86. The third-order valence-corrected chi connectivity index (χ3v) is 4.81. The van der Waals surface area contributed by atoms with Crippen LogP contribution in [0.1, 0.15) is 37.7 Å². The van der Waals surface area contributed by atoms with Crippen molar-refractivity contribution in [1.82, 2.24) is 9.97 Å². The number of carboxylic acid groups (broad SMARTS) is 1. The molecule has 0 bridgehead atoms. The molecule has 1 amide bonds. The molecule has 144 valence electrons. The topological polar surface area (TPSA) is 83.4 Å². The van der Waals surface area contributed by atoms with Crippen LogP contribution in [0.3, 0.4) is 0 Å². The molecule has 1 aromatic carbocycles. The van der Waals surface area contributed by atoms with E-state index in [0.29, 0.717) is 16.9 Å². The second-order valence-corrected chi connectivity index (χ2v) is 8.00. The summed E-state index contributed by atoms with van der Waals surface area (Å²) in [7, 11) is 0. The quantitative estimate of drug-likeness (QED) is 0.504. The Kier molecular flexibility index (Phi) is 6.35. The summed E-state index contributed by atoms with van der Waals surface area (Å²) >= 11 is 19.0. The number of hydrogen-bond acceptors (Lipinski definition) is 4. The van der Waals surface area contributed by atoms with Crippen LogP contribution in [0.25, 0.3) is 0 Å². The van der Waals surface area contributed by atoms with E-state index in [1.54, 1.807) is 13.0 Å². The van der Waals surface area contributed by atoms with Crippen LogP contribution < -0.4 is 4.90 Å². The van der Waals surface area contributed by atoms with E-state index in [1.165, 1.54) is 6.07 Å². The van der Waals surface area contributed by atoms with E-state index >= 15 is 0 Å². The number of amides is 1. The van der Waals surface area contributed by atoms with Gasteiger partial charge in [0.05, 0.1) is 10.7 Å². The first-order chi connectivity index (χ1) is 12.5. The number of carbonyl (C=O) groups is 2. The summed E-state index contributed by atoms with van der Waals surface area (Å²) in [5.74, 6) is 0.244. The third-order valence-electron chi connectivity index (χ3n) is 3.80. The van der Waals surface area contributed by atoms with E-state index in [1.807, 2.05) is 20.8 Å². The van der Waals surface area contributed by atoms with Gasteiger partial charge in [-0.1, -0.05) is 55.6 Å². The minimum Gasteiger partial charge on any atom is -0.464 e. The van der Waals surface area contributed by atoms with E-state index in [2.05, 4.69) is 9.97 Å². The highest BCUT2D eigenvalue weighted by Crippen LogP contribution is 2.43. The van der Waals surface area contributed by atoms with E-state index in [0.717, 1.165) is 4.90 Å². The number of aromatic nitrogens is 2. The third kappa shape index (κ3) is 4.34. The molecule has 0 spiro atoms. The minimum atomic E-state index is -1.33. The molecular formula is C18H18Cl3N3O3. The second-order valence-electron chi connectivity index (χ2n) is 6.86. The van der Waals surface area contributed by atoms with Crippen molar-refractivity contribution in [3.05, 3.63) is 44.3 Å². The first kappa shape index (κ1) is 21.4. The largest absolute Gasteiger partial charge is 0.464 e. The maximum absolute atomic E-state index is 12.1. The maximum atomic E-state index is 12.1. The molecule has 0 radical (unpaired) electrons. The minimum absolute atomic E-state index is 0.0111. The van der Waals surface area contributed by atoms with Crippen molar-refractivity contribution in [3.63, 3.8) is 0 Å². The predicted molar refractivity (Wildman–Crippen MR) is 107 cm³/mol. The molecule has 6 nitrogen and oxygen atoms in total. The van der Waals surface area contributed by atoms with Gasteiger partial charge in [-0.05, 0) is 30.0 Å². The van der Waals surface area contributed by atoms with Gasteiger partial charge in [-0.3, -0.25) is 0 Å². The molecule has 27 heavy (non-hydrogen) atoms. The molecule has 9 heteroatoms. The van der Waals surface area contributed by atoms with Gasteiger partial charge in [0.2, 0.25) is 0 Å². The van der Waals surface area contributed by atoms with Crippen molar-refractivity contribution in [2.75, 3.05) is 4.90 Å². The first-order valence-electron chi connectivity index (χ1n) is 7.97. The average molecular weight is 431 g/mol. The molecule has 0 aliphatic carbocycles. The summed E-state index contributed by atoms with van der Waals surface area (Å²) < 4.78 is 0. The van der Waals surface area contributed by atoms with Crippen LogP contribution in [0.5, 0.6) is 0 Å². The summed E-state index contributed by atoms with van der Waals surface area (Å²) in [4.78, 5) is 32.3. The van der Waals surface area contributed by atoms with Gasteiger partial charge in [-0.2, -0.15) is 0 Å². The van der Waals surface area contributed by atoms with Crippen molar-refractivity contribution in [3.8, 4) is 0 Å². The Morgan fingerprint density at radius 3 is 2.37 bits per heavy atom. The summed E-state index contributed by atoms with van der Waals surface area (Å²) in [6.45, 7) is 7.32. The molecule has 1 N–H and O–H groups in total. The molecule has 0 atom stereocenters. The molecule has 0 saturated heterocycles. The number of benzene rings is 1. The number of anilines is 2. The first-order valence-corrected chi connectivity index (χ1v) is 9.10. The van der Waals surface area contributed by atoms with E-state index < -0.39 is 11.5 Å². The van der Waals surface area contributed by atoms with E-state index in [-0.39, 0.29) is 39.5 Å². The number of rotatable bonds is 4. The lowest BCUT2D eigenvalue weighted by Crippen LogP contribution is -2.28. The lowest BCUT2D eigenvalue weighted by Gasteiger charge is -2.27. The van der Waals surface area contributed by atoms with Gasteiger partial charge in [0.25, 0.3) is 0 Å². The fourth-order valence-electron chi connectivity index (χ4n) is 2.70. The number of carbonyl (C=O) groups excluding carboxylic acids is 1. The maximum Gasteiger partial charge on any atom is 0.417 e. The molecule has 0 fully saturated rings. The fourth-order valence-corrected chi connectivity index (χ4v) is 4.01. The SMILES string of the molecule is Cc1nc(Cl)c(CC=O)c(N(C(=O)O)c2ccc(Cl)c(C(C)(C)C)c2Cl)n1. The summed E-state index contributed by atoms with van der Waals surface area (Å²) in [6.07, 6.45) is -0.872. The fraction of sp³-hybridized carbons (Fsp3) is 0.333. The highest BCUT2D eigenvalue weighted by atomic mass is 35.5. The van der Waals surface area contributed by atoms with Crippen LogP contribution in [0.2, 0.25) is 15.2 Å². The zero-order chi connectivity index (χ0) is 20.5. The number of aldehydes is 1. The van der Waals surface area contributed by atoms with E-state index in [4.69, 9.17) is 34.8 Å². The van der Waals surface area contributed by atoms with Gasteiger partial charge in [0.15, 0.2) is 5.82 Å². The van der Waals surface area contributed by atoms with Gasteiger partial charge < -0.3 is 9.90 Å². The Morgan fingerprint density at radius 2 is 1.85 bits per heavy atom.